The summed E-state index contributed by atoms with van der Waals surface area (Å²) >= 11 is 8.64. The summed E-state index contributed by atoms with van der Waals surface area (Å²) in [6, 6.07) is 10.1. The van der Waals surface area contributed by atoms with Gasteiger partial charge in [-0.1, -0.05) is 28.9 Å². The fraction of sp³-hybridized carbons (Fsp3) is 0.333. The third-order valence-corrected chi connectivity index (χ3v) is 4.86. The van der Waals surface area contributed by atoms with Gasteiger partial charge in [0.15, 0.2) is 0 Å². The van der Waals surface area contributed by atoms with Crippen LogP contribution in [0.3, 0.4) is 0 Å². The lowest BCUT2D eigenvalue weighted by molar-refractivity contribution is 0.295. The molecule has 108 valence electrons. The fourth-order valence-corrected chi connectivity index (χ4v) is 3.53. The first-order valence-electron chi connectivity index (χ1n) is 6.41. The van der Waals surface area contributed by atoms with Crippen LogP contribution >= 0.6 is 43.2 Å². The van der Waals surface area contributed by atoms with Crippen molar-refractivity contribution < 1.29 is 9.47 Å². The number of thiophene rings is 1. The molecule has 1 heterocycles. The van der Waals surface area contributed by atoms with Crippen LogP contribution in [0.1, 0.15) is 23.8 Å². The molecule has 0 saturated carbocycles. The van der Waals surface area contributed by atoms with E-state index in [1.54, 1.807) is 11.3 Å². The molecule has 0 aliphatic carbocycles. The zero-order valence-corrected chi connectivity index (χ0v) is 15.2. The molecule has 0 N–H and O–H groups in total. The highest BCUT2D eigenvalue weighted by molar-refractivity contribution is 9.11. The van der Waals surface area contributed by atoms with Gasteiger partial charge in [0.25, 0.3) is 0 Å². The minimum atomic E-state index is 0.577. The van der Waals surface area contributed by atoms with Crippen LogP contribution in [0.4, 0.5) is 0 Å². The van der Waals surface area contributed by atoms with Crippen molar-refractivity contribution in [2.45, 2.75) is 25.3 Å². The lowest BCUT2D eigenvalue weighted by atomic mass is 10.2. The third-order valence-electron chi connectivity index (χ3n) is 2.65. The molecule has 5 heteroatoms. The van der Waals surface area contributed by atoms with Crippen molar-refractivity contribution in [2.75, 3.05) is 6.61 Å². The third kappa shape index (κ3) is 4.50. The van der Waals surface area contributed by atoms with Crippen LogP contribution in [-0.4, -0.2) is 6.61 Å². The van der Waals surface area contributed by atoms with Crippen molar-refractivity contribution >= 4 is 43.2 Å². The summed E-state index contributed by atoms with van der Waals surface area (Å²) in [7, 11) is 0. The minimum Gasteiger partial charge on any atom is -0.493 e. The molecule has 2 nitrogen and oxygen atoms in total. The molecule has 2 aromatic rings. The van der Waals surface area contributed by atoms with Crippen LogP contribution in [0.2, 0.25) is 0 Å². The fourth-order valence-electron chi connectivity index (χ4n) is 1.67. The molecule has 20 heavy (non-hydrogen) atoms. The summed E-state index contributed by atoms with van der Waals surface area (Å²) in [5, 5.41) is 0.768. The highest BCUT2D eigenvalue weighted by Gasteiger charge is 2.07. The van der Waals surface area contributed by atoms with E-state index in [1.807, 2.05) is 24.3 Å². The second-order valence-electron chi connectivity index (χ2n) is 4.25. The Morgan fingerprint density at radius 3 is 2.65 bits per heavy atom. The monoisotopic (exact) mass is 418 g/mol. The van der Waals surface area contributed by atoms with Crippen LogP contribution in [0.25, 0.3) is 0 Å². The Kier molecular flexibility index (Phi) is 6.39. The zero-order chi connectivity index (χ0) is 14.4. The number of hydrogen-bond acceptors (Lipinski definition) is 3. The van der Waals surface area contributed by atoms with Gasteiger partial charge in [-0.3, -0.25) is 0 Å². The molecule has 1 aromatic heterocycles. The first-order valence-corrected chi connectivity index (χ1v) is 9.14. The van der Waals surface area contributed by atoms with Crippen molar-refractivity contribution in [3.8, 4) is 11.5 Å². The maximum atomic E-state index is 5.93. The predicted octanol–water partition coefficient (Wildman–Crippen LogP) is 5.77. The van der Waals surface area contributed by atoms with Crippen molar-refractivity contribution in [1.29, 1.82) is 0 Å². The van der Waals surface area contributed by atoms with Crippen molar-refractivity contribution in [3.05, 3.63) is 44.6 Å². The normalized spacial score (nSPS) is 10.6. The number of ether oxygens (including phenoxy) is 2. The van der Waals surface area contributed by atoms with Gasteiger partial charge in [0.2, 0.25) is 0 Å². The van der Waals surface area contributed by atoms with Crippen LogP contribution in [-0.2, 0) is 11.9 Å². The summed E-state index contributed by atoms with van der Waals surface area (Å²) < 4.78 is 12.7. The van der Waals surface area contributed by atoms with Gasteiger partial charge in [-0.05, 0) is 40.5 Å². The Hall–Kier alpha value is -0.520. The molecule has 0 spiro atoms. The van der Waals surface area contributed by atoms with E-state index < -0.39 is 0 Å². The van der Waals surface area contributed by atoms with E-state index in [2.05, 4.69) is 44.8 Å². The van der Waals surface area contributed by atoms with Gasteiger partial charge in [0, 0.05) is 21.8 Å². The molecular formula is C15H16Br2O2S. The number of hydrogen-bond donors (Lipinski definition) is 0. The number of alkyl halides is 1. The smallest absolute Gasteiger partial charge is 0.127 e. The van der Waals surface area contributed by atoms with Gasteiger partial charge in [-0.15, -0.1) is 11.3 Å². The first-order chi connectivity index (χ1) is 9.72. The molecule has 1 aromatic carbocycles. The highest BCUT2D eigenvalue weighted by Crippen LogP contribution is 2.29. The van der Waals surface area contributed by atoms with Crippen LogP contribution in [0, 0.1) is 0 Å². The highest BCUT2D eigenvalue weighted by atomic mass is 79.9. The second kappa shape index (κ2) is 8.05. The molecule has 0 unspecified atom stereocenters. The van der Waals surface area contributed by atoms with Crippen molar-refractivity contribution in [3.63, 3.8) is 0 Å². The Bertz CT molecular complexity index is 555. The maximum Gasteiger partial charge on any atom is 0.127 e. The lowest BCUT2D eigenvalue weighted by Crippen LogP contribution is -1.99. The van der Waals surface area contributed by atoms with E-state index in [-0.39, 0.29) is 0 Å². The Morgan fingerprint density at radius 1 is 1.15 bits per heavy atom. The SMILES string of the molecule is CCCOc1ccc(CBr)c(OCc2ccc(Br)s2)c1. The van der Waals surface area contributed by atoms with Crippen LogP contribution in [0.15, 0.2) is 34.1 Å². The largest absolute Gasteiger partial charge is 0.493 e. The quantitative estimate of drug-likeness (QED) is 0.530. The summed E-state index contributed by atoms with van der Waals surface area (Å²) in [4.78, 5) is 1.19. The Morgan fingerprint density at radius 2 is 2.00 bits per heavy atom. The van der Waals surface area contributed by atoms with Gasteiger partial charge in [-0.25, -0.2) is 0 Å². The summed E-state index contributed by atoms with van der Waals surface area (Å²) in [6.45, 7) is 3.40. The topological polar surface area (TPSA) is 18.5 Å². The molecule has 0 aliphatic heterocycles. The molecule has 0 saturated heterocycles. The van der Waals surface area contributed by atoms with Gasteiger partial charge < -0.3 is 9.47 Å². The summed E-state index contributed by atoms with van der Waals surface area (Å²) in [6.07, 6.45) is 1.000. The molecule has 2 rings (SSSR count). The maximum absolute atomic E-state index is 5.93. The molecule has 0 bridgehead atoms. The summed E-state index contributed by atoms with van der Waals surface area (Å²) in [5.41, 5.74) is 1.13. The predicted molar refractivity (Wildman–Crippen MR) is 91.2 cm³/mol. The van der Waals surface area contributed by atoms with Crippen molar-refractivity contribution in [1.82, 2.24) is 0 Å². The molecule has 0 atom stereocenters. The van der Waals surface area contributed by atoms with Crippen LogP contribution in [0.5, 0.6) is 11.5 Å². The lowest BCUT2D eigenvalue weighted by Gasteiger charge is -2.12. The van der Waals surface area contributed by atoms with E-state index in [1.165, 1.54) is 4.88 Å². The van der Waals surface area contributed by atoms with E-state index in [0.717, 1.165) is 39.2 Å². The molecule has 0 fully saturated rings. The minimum absolute atomic E-state index is 0.577. The van der Waals surface area contributed by atoms with Crippen LogP contribution < -0.4 is 9.47 Å². The Labute approximate surface area is 140 Å². The number of benzene rings is 1. The van der Waals surface area contributed by atoms with Gasteiger partial charge >= 0.3 is 0 Å². The Balaban J connectivity index is 2.07. The van der Waals surface area contributed by atoms with Gasteiger partial charge in [-0.2, -0.15) is 0 Å². The molecule has 0 amide bonds. The average molecular weight is 420 g/mol. The van der Waals surface area contributed by atoms with E-state index in [0.29, 0.717) is 6.61 Å². The standard InChI is InChI=1S/C15H16Br2O2S/c1-2-7-18-12-4-3-11(9-16)14(8-12)19-10-13-5-6-15(17)20-13/h3-6,8H,2,7,9-10H2,1H3. The first kappa shape index (κ1) is 15.9. The molecular weight excluding hydrogens is 404 g/mol. The van der Waals surface area contributed by atoms with E-state index in [4.69, 9.17) is 9.47 Å². The number of halogens is 2. The molecule has 0 radical (unpaired) electrons. The second-order valence-corrected chi connectivity index (χ2v) is 7.35. The zero-order valence-electron chi connectivity index (χ0n) is 11.2. The van der Waals surface area contributed by atoms with Crippen molar-refractivity contribution in [2.24, 2.45) is 0 Å². The van der Waals surface area contributed by atoms with Gasteiger partial charge in [0.1, 0.15) is 18.1 Å². The summed E-state index contributed by atoms with van der Waals surface area (Å²) in [5.74, 6) is 1.74. The molecule has 0 aliphatic rings. The van der Waals surface area contributed by atoms with E-state index >= 15 is 0 Å². The van der Waals surface area contributed by atoms with Gasteiger partial charge in [0.05, 0.1) is 10.4 Å². The van der Waals surface area contributed by atoms with E-state index in [9.17, 15) is 0 Å². The average Bonchev–Trinajstić information content (AvgIpc) is 2.88. The number of rotatable bonds is 7.